The van der Waals surface area contributed by atoms with E-state index < -0.39 is 0 Å². The fourth-order valence-electron chi connectivity index (χ4n) is 2.46. The van der Waals surface area contributed by atoms with Gasteiger partial charge in [-0.3, -0.25) is 9.69 Å². The van der Waals surface area contributed by atoms with Gasteiger partial charge in [-0.15, -0.1) is 0 Å². The summed E-state index contributed by atoms with van der Waals surface area (Å²) in [6, 6.07) is 5.93. The van der Waals surface area contributed by atoms with Crippen molar-refractivity contribution in [3.63, 3.8) is 0 Å². The minimum Gasteiger partial charge on any atom is -0.330 e. The van der Waals surface area contributed by atoms with Gasteiger partial charge in [0.05, 0.1) is 6.54 Å². The smallest absolute Gasteiger partial charge is 0.238 e. The number of likely N-dealkylation sites (tertiary alicyclic amines) is 1. The monoisotopic (exact) mass is 265 g/mol. The fraction of sp³-hybridized carbons (Fsp3) is 0.500. The third kappa shape index (κ3) is 4.29. The number of nitrogens with two attached hydrogens (primary N) is 1. The molecule has 0 aromatic heterocycles. The number of amides is 1. The molecule has 0 spiro atoms. The molecule has 1 fully saturated rings. The number of halogens is 1. The summed E-state index contributed by atoms with van der Waals surface area (Å²) in [5, 5.41) is 2.71. The number of anilines is 1. The number of piperidine rings is 1. The molecule has 104 valence electrons. The molecule has 1 aromatic rings. The molecule has 1 aliphatic rings. The summed E-state index contributed by atoms with van der Waals surface area (Å²) in [6.45, 7) is 2.80. The van der Waals surface area contributed by atoms with Gasteiger partial charge in [0.2, 0.25) is 5.91 Å². The van der Waals surface area contributed by atoms with Crippen molar-refractivity contribution in [2.24, 2.45) is 11.7 Å². The van der Waals surface area contributed by atoms with Gasteiger partial charge >= 0.3 is 0 Å². The zero-order valence-electron chi connectivity index (χ0n) is 10.9. The van der Waals surface area contributed by atoms with Crippen molar-refractivity contribution in [1.82, 2.24) is 4.90 Å². The van der Waals surface area contributed by atoms with Gasteiger partial charge in [0.25, 0.3) is 0 Å². The Morgan fingerprint density at radius 1 is 1.53 bits per heavy atom. The van der Waals surface area contributed by atoms with Crippen LogP contribution in [-0.2, 0) is 4.79 Å². The van der Waals surface area contributed by atoms with Crippen LogP contribution in [0.1, 0.15) is 12.8 Å². The molecule has 1 heterocycles. The van der Waals surface area contributed by atoms with E-state index in [1.807, 2.05) is 0 Å². The Labute approximate surface area is 112 Å². The van der Waals surface area contributed by atoms with Crippen LogP contribution < -0.4 is 11.1 Å². The molecule has 2 rings (SSSR count). The van der Waals surface area contributed by atoms with E-state index in [9.17, 15) is 9.18 Å². The maximum atomic E-state index is 13.0. The van der Waals surface area contributed by atoms with Gasteiger partial charge in [0.15, 0.2) is 0 Å². The number of carbonyl (C=O) groups excluding carboxylic acids is 1. The van der Waals surface area contributed by atoms with Gasteiger partial charge in [-0.05, 0) is 50.0 Å². The van der Waals surface area contributed by atoms with Crippen molar-refractivity contribution in [2.45, 2.75) is 12.8 Å². The topological polar surface area (TPSA) is 58.4 Å². The predicted molar refractivity (Wildman–Crippen MR) is 73.2 cm³/mol. The first kappa shape index (κ1) is 14.0. The van der Waals surface area contributed by atoms with Gasteiger partial charge in [-0.1, -0.05) is 6.07 Å². The lowest BCUT2D eigenvalue weighted by molar-refractivity contribution is -0.117. The Hall–Kier alpha value is -1.46. The average Bonchev–Trinajstić information content (AvgIpc) is 2.38. The quantitative estimate of drug-likeness (QED) is 0.866. The van der Waals surface area contributed by atoms with Crippen LogP contribution in [0.15, 0.2) is 24.3 Å². The molecule has 1 amide bonds. The molecule has 0 radical (unpaired) electrons. The van der Waals surface area contributed by atoms with Crippen LogP contribution in [0.2, 0.25) is 0 Å². The molecule has 1 aliphatic heterocycles. The van der Waals surface area contributed by atoms with E-state index in [0.29, 0.717) is 24.7 Å². The Morgan fingerprint density at radius 2 is 2.37 bits per heavy atom. The zero-order chi connectivity index (χ0) is 13.7. The molecule has 1 saturated heterocycles. The summed E-state index contributed by atoms with van der Waals surface area (Å²) >= 11 is 0. The van der Waals surface area contributed by atoms with E-state index >= 15 is 0 Å². The number of hydrogen-bond donors (Lipinski definition) is 2. The number of rotatable bonds is 4. The van der Waals surface area contributed by atoms with Crippen molar-refractivity contribution in [3.05, 3.63) is 30.1 Å². The number of carbonyl (C=O) groups is 1. The highest BCUT2D eigenvalue weighted by atomic mass is 19.1. The van der Waals surface area contributed by atoms with Crippen LogP contribution in [0.4, 0.5) is 10.1 Å². The van der Waals surface area contributed by atoms with E-state index in [1.165, 1.54) is 12.1 Å². The summed E-state index contributed by atoms with van der Waals surface area (Å²) < 4.78 is 13.0. The molecular formula is C14H20FN3O. The molecular weight excluding hydrogens is 245 g/mol. The maximum Gasteiger partial charge on any atom is 0.238 e. The average molecular weight is 265 g/mol. The minimum absolute atomic E-state index is 0.108. The van der Waals surface area contributed by atoms with E-state index in [0.717, 1.165) is 25.9 Å². The fourth-order valence-corrected chi connectivity index (χ4v) is 2.46. The van der Waals surface area contributed by atoms with Crippen LogP contribution in [-0.4, -0.2) is 37.0 Å². The molecule has 3 N–H and O–H groups in total. The molecule has 0 aliphatic carbocycles. The zero-order valence-corrected chi connectivity index (χ0v) is 10.9. The van der Waals surface area contributed by atoms with E-state index in [4.69, 9.17) is 5.73 Å². The Bertz CT molecular complexity index is 438. The molecule has 0 bridgehead atoms. The lowest BCUT2D eigenvalue weighted by Crippen LogP contribution is -2.42. The first-order valence-electron chi connectivity index (χ1n) is 6.65. The summed E-state index contributed by atoms with van der Waals surface area (Å²) in [5.41, 5.74) is 6.17. The van der Waals surface area contributed by atoms with Crippen molar-refractivity contribution in [2.75, 3.05) is 31.5 Å². The first-order chi connectivity index (χ1) is 9.17. The van der Waals surface area contributed by atoms with Crippen LogP contribution in [0, 0.1) is 11.7 Å². The molecule has 1 atom stereocenters. The highest BCUT2D eigenvalue weighted by Gasteiger charge is 2.20. The Balaban J connectivity index is 1.84. The Kier molecular flexibility index (Phi) is 4.87. The van der Waals surface area contributed by atoms with Crippen LogP contribution in [0.25, 0.3) is 0 Å². The Morgan fingerprint density at radius 3 is 3.11 bits per heavy atom. The van der Waals surface area contributed by atoms with Crippen molar-refractivity contribution in [3.8, 4) is 0 Å². The minimum atomic E-state index is -0.348. The van der Waals surface area contributed by atoms with E-state index in [-0.39, 0.29) is 11.7 Å². The molecule has 1 unspecified atom stereocenters. The summed E-state index contributed by atoms with van der Waals surface area (Å²) in [6.07, 6.45) is 2.22. The second-order valence-corrected chi connectivity index (χ2v) is 5.04. The number of nitrogens with one attached hydrogen (secondary N) is 1. The maximum absolute atomic E-state index is 13.0. The third-order valence-electron chi connectivity index (χ3n) is 3.41. The number of benzene rings is 1. The standard InChI is InChI=1S/C14H20FN3O/c15-12-4-1-5-13(7-12)17-14(19)10-18-6-2-3-11(8-16)9-18/h1,4-5,7,11H,2-3,6,8-10,16H2,(H,17,19). The van der Waals surface area contributed by atoms with Gasteiger partial charge in [0, 0.05) is 12.2 Å². The van der Waals surface area contributed by atoms with Crippen molar-refractivity contribution >= 4 is 11.6 Å². The van der Waals surface area contributed by atoms with Crippen LogP contribution in [0.3, 0.4) is 0 Å². The lowest BCUT2D eigenvalue weighted by Gasteiger charge is -2.31. The summed E-state index contributed by atoms with van der Waals surface area (Å²) in [4.78, 5) is 14.0. The SMILES string of the molecule is NCC1CCCN(CC(=O)Nc2cccc(F)c2)C1. The van der Waals surface area contributed by atoms with Crippen molar-refractivity contribution in [1.29, 1.82) is 0 Å². The highest BCUT2D eigenvalue weighted by molar-refractivity contribution is 5.92. The predicted octanol–water partition coefficient (Wildman–Crippen LogP) is 1.43. The van der Waals surface area contributed by atoms with Gasteiger partial charge in [-0.25, -0.2) is 4.39 Å². The molecule has 19 heavy (non-hydrogen) atoms. The van der Waals surface area contributed by atoms with Gasteiger partial charge in [-0.2, -0.15) is 0 Å². The lowest BCUT2D eigenvalue weighted by atomic mass is 9.98. The molecule has 0 saturated carbocycles. The molecule has 4 nitrogen and oxygen atoms in total. The van der Waals surface area contributed by atoms with Gasteiger partial charge in [0.1, 0.15) is 5.82 Å². The van der Waals surface area contributed by atoms with Gasteiger partial charge < -0.3 is 11.1 Å². The van der Waals surface area contributed by atoms with Crippen LogP contribution in [0.5, 0.6) is 0 Å². The second kappa shape index (κ2) is 6.63. The normalized spacial score (nSPS) is 20.2. The van der Waals surface area contributed by atoms with Crippen LogP contribution >= 0.6 is 0 Å². The second-order valence-electron chi connectivity index (χ2n) is 5.04. The van der Waals surface area contributed by atoms with Crippen molar-refractivity contribution < 1.29 is 9.18 Å². The summed E-state index contributed by atoms with van der Waals surface area (Å²) in [7, 11) is 0. The molecule has 1 aromatic carbocycles. The van der Waals surface area contributed by atoms with E-state index in [1.54, 1.807) is 12.1 Å². The third-order valence-corrected chi connectivity index (χ3v) is 3.41. The highest BCUT2D eigenvalue weighted by Crippen LogP contribution is 2.15. The largest absolute Gasteiger partial charge is 0.330 e. The first-order valence-corrected chi connectivity index (χ1v) is 6.65. The number of nitrogens with zero attached hydrogens (tertiary/aromatic N) is 1. The number of hydrogen-bond acceptors (Lipinski definition) is 3. The van der Waals surface area contributed by atoms with E-state index in [2.05, 4.69) is 10.2 Å². The molecule has 5 heteroatoms. The summed E-state index contributed by atoms with van der Waals surface area (Å²) in [5.74, 6) is 0.0259.